The summed E-state index contributed by atoms with van der Waals surface area (Å²) < 4.78 is 27.6. The molecule has 0 radical (unpaired) electrons. The van der Waals surface area contributed by atoms with Crippen molar-refractivity contribution >= 4 is 0 Å². The normalized spacial score (nSPS) is 45.4. The van der Waals surface area contributed by atoms with Crippen LogP contribution >= 0.6 is 0 Å². The van der Waals surface area contributed by atoms with Gasteiger partial charge in [-0.2, -0.15) is 0 Å². The zero-order valence-corrected chi connectivity index (χ0v) is 10.4. The first kappa shape index (κ1) is 11.0. The smallest absolute Gasteiger partial charge is 0.123 e. The summed E-state index contributed by atoms with van der Waals surface area (Å²) in [5.41, 5.74) is 0.362. The molecule has 2 heteroatoms. The standard InChI is InChI=1S/C16H18F2/c17-14-3-1-11(2-4-14)15-12-5-10-6-13(15)9-16(18,7-10)8-12/h1-4,10,12-13,15H,5-9H2/t10?,12?,13?,15-,16-. The van der Waals surface area contributed by atoms with Crippen LogP contribution in [0.5, 0.6) is 0 Å². The van der Waals surface area contributed by atoms with E-state index < -0.39 is 5.67 Å². The SMILES string of the molecule is Fc1ccc([C@H]2C3CC4CC2C[C@](F)(C4)C3)cc1. The lowest BCUT2D eigenvalue weighted by atomic mass is 9.49. The Morgan fingerprint density at radius 2 is 1.56 bits per heavy atom. The minimum Gasteiger partial charge on any atom is -0.244 e. The molecule has 18 heavy (non-hydrogen) atoms. The van der Waals surface area contributed by atoms with Crippen molar-refractivity contribution in [2.75, 3.05) is 0 Å². The summed E-state index contributed by atoms with van der Waals surface area (Å²) in [6, 6.07) is 6.91. The van der Waals surface area contributed by atoms with Gasteiger partial charge in [0, 0.05) is 0 Å². The Labute approximate surface area is 106 Å². The fraction of sp³-hybridized carbons (Fsp3) is 0.625. The van der Waals surface area contributed by atoms with Gasteiger partial charge >= 0.3 is 0 Å². The fourth-order valence-corrected chi connectivity index (χ4v) is 5.15. The lowest BCUT2D eigenvalue weighted by Gasteiger charge is -2.57. The first-order chi connectivity index (χ1) is 8.63. The molecule has 0 nitrogen and oxygen atoms in total. The molecule has 4 bridgehead atoms. The molecule has 0 aromatic heterocycles. The molecule has 5 rings (SSSR count). The van der Waals surface area contributed by atoms with Crippen molar-refractivity contribution in [2.45, 2.75) is 43.7 Å². The van der Waals surface area contributed by atoms with Gasteiger partial charge in [-0.25, -0.2) is 8.78 Å². The summed E-state index contributed by atoms with van der Waals surface area (Å²) in [5, 5.41) is 0. The van der Waals surface area contributed by atoms with Crippen LogP contribution in [0.1, 0.15) is 43.6 Å². The van der Waals surface area contributed by atoms with Gasteiger partial charge in [0.05, 0.1) is 0 Å². The van der Waals surface area contributed by atoms with Gasteiger partial charge in [-0.05, 0) is 73.5 Å². The number of halogens is 2. The van der Waals surface area contributed by atoms with E-state index in [0.29, 0.717) is 23.7 Å². The molecule has 0 aliphatic heterocycles. The largest absolute Gasteiger partial charge is 0.244 e. The Morgan fingerprint density at radius 1 is 0.944 bits per heavy atom. The van der Waals surface area contributed by atoms with Crippen LogP contribution < -0.4 is 0 Å². The molecule has 2 unspecified atom stereocenters. The van der Waals surface area contributed by atoms with Gasteiger partial charge in [0.2, 0.25) is 0 Å². The summed E-state index contributed by atoms with van der Waals surface area (Å²) in [7, 11) is 0. The average Bonchev–Trinajstić information content (AvgIpc) is 2.28. The van der Waals surface area contributed by atoms with Crippen molar-refractivity contribution in [3.63, 3.8) is 0 Å². The molecular formula is C16H18F2. The minimum absolute atomic E-state index is 0.176. The van der Waals surface area contributed by atoms with E-state index in [-0.39, 0.29) is 5.82 Å². The molecule has 0 heterocycles. The summed E-state index contributed by atoms with van der Waals surface area (Å²) >= 11 is 0. The minimum atomic E-state index is -0.868. The van der Waals surface area contributed by atoms with Crippen LogP contribution in [0.15, 0.2) is 24.3 Å². The van der Waals surface area contributed by atoms with E-state index in [1.165, 1.54) is 18.4 Å². The number of hydrogen-bond donors (Lipinski definition) is 0. The summed E-state index contributed by atoms with van der Waals surface area (Å²) in [5.74, 6) is 1.90. The van der Waals surface area contributed by atoms with Gasteiger partial charge in [0.15, 0.2) is 0 Å². The van der Waals surface area contributed by atoms with Crippen molar-refractivity contribution in [3.05, 3.63) is 35.6 Å². The van der Waals surface area contributed by atoms with E-state index in [9.17, 15) is 8.78 Å². The second-order valence-corrected chi connectivity index (χ2v) is 6.70. The van der Waals surface area contributed by atoms with Gasteiger partial charge in [-0.1, -0.05) is 12.1 Å². The highest BCUT2D eigenvalue weighted by atomic mass is 19.1. The molecule has 0 spiro atoms. The van der Waals surface area contributed by atoms with Crippen molar-refractivity contribution in [2.24, 2.45) is 17.8 Å². The van der Waals surface area contributed by atoms with Crippen LogP contribution in [0.25, 0.3) is 0 Å². The molecule has 4 fully saturated rings. The lowest BCUT2D eigenvalue weighted by Crippen LogP contribution is -2.51. The van der Waals surface area contributed by atoms with Crippen LogP contribution in [0, 0.1) is 23.6 Å². The highest BCUT2D eigenvalue weighted by Crippen LogP contribution is 2.62. The molecule has 0 amide bonds. The maximum absolute atomic E-state index is 14.6. The van der Waals surface area contributed by atoms with Crippen LogP contribution in [-0.4, -0.2) is 5.67 Å². The van der Waals surface area contributed by atoms with Crippen LogP contribution in [-0.2, 0) is 0 Å². The maximum atomic E-state index is 14.6. The monoisotopic (exact) mass is 248 g/mol. The number of benzene rings is 1. The number of alkyl halides is 1. The number of rotatable bonds is 1. The van der Waals surface area contributed by atoms with Crippen molar-refractivity contribution in [3.8, 4) is 0 Å². The van der Waals surface area contributed by atoms with E-state index in [2.05, 4.69) is 0 Å². The Morgan fingerprint density at radius 3 is 2.11 bits per heavy atom. The Hall–Kier alpha value is -0.920. The van der Waals surface area contributed by atoms with E-state index in [1.807, 2.05) is 12.1 Å². The predicted octanol–water partition coefficient (Wildman–Crippen LogP) is 4.46. The zero-order chi connectivity index (χ0) is 12.3. The molecule has 1 aromatic carbocycles. The van der Waals surface area contributed by atoms with Crippen molar-refractivity contribution < 1.29 is 8.78 Å². The molecule has 4 aliphatic carbocycles. The van der Waals surface area contributed by atoms with Crippen LogP contribution in [0.4, 0.5) is 8.78 Å². The zero-order valence-electron chi connectivity index (χ0n) is 10.4. The molecule has 4 saturated carbocycles. The Balaban J connectivity index is 1.69. The molecule has 0 saturated heterocycles. The maximum Gasteiger partial charge on any atom is 0.123 e. The highest BCUT2D eigenvalue weighted by Gasteiger charge is 2.55. The Kier molecular flexibility index (Phi) is 2.16. The molecular weight excluding hydrogens is 230 g/mol. The van der Waals surface area contributed by atoms with Gasteiger partial charge in [0.1, 0.15) is 11.5 Å². The van der Waals surface area contributed by atoms with E-state index in [4.69, 9.17) is 0 Å². The van der Waals surface area contributed by atoms with Gasteiger partial charge in [-0.3, -0.25) is 0 Å². The molecule has 96 valence electrons. The second-order valence-electron chi connectivity index (χ2n) is 6.70. The van der Waals surface area contributed by atoms with Gasteiger partial charge < -0.3 is 0 Å². The molecule has 0 N–H and O–H groups in total. The third-order valence-corrected chi connectivity index (χ3v) is 5.45. The topological polar surface area (TPSA) is 0 Å². The lowest BCUT2D eigenvalue weighted by molar-refractivity contribution is -0.0870. The van der Waals surface area contributed by atoms with Gasteiger partial charge in [0.25, 0.3) is 0 Å². The third kappa shape index (κ3) is 1.54. The quantitative estimate of drug-likeness (QED) is 0.688. The second kappa shape index (κ2) is 3.55. The van der Waals surface area contributed by atoms with E-state index >= 15 is 0 Å². The summed E-state index contributed by atoms with van der Waals surface area (Å²) in [6.45, 7) is 0. The summed E-state index contributed by atoms with van der Waals surface area (Å²) in [4.78, 5) is 0. The highest BCUT2D eigenvalue weighted by molar-refractivity contribution is 5.26. The first-order valence-corrected chi connectivity index (χ1v) is 7.07. The van der Waals surface area contributed by atoms with Crippen LogP contribution in [0.2, 0.25) is 0 Å². The van der Waals surface area contributed by atoms with E-state index in [1.54, 1.807) is 12.1 Å². The predicted molar refractivity (Wildman–Crippen MR) is 66.5 cm³/mol. The average molecular weight is 248 g/mol. The first-order valence-electron chi connectivity index (χ1n) is 7.07. The molecule has 2 atom stereocenters. The van der Waals surface area contributed by atoms with Crippen molar-refractivity contribution in [1.29, 1.82) is 0 Å². The third-order valence-electron chi connectivity index (χ3n) is 5.45. The summed E-state index contributed by atoms with van der Waals surface area (Å²) in [6.07, 6.45) is 4.65. The van der Waals surface area contributed by atoms with Gasteiger partial charge in [-0.15, -0.1) is 0 Å². The van der Waals surface area contributed by atoms with Crippen molar-refractivity contribution in [1.82, 2.24) is 0 Å². The molecule has 1 aromatic rings. The van der Waals surface area contributed by atoms with E-state index in [0.717, 1.165) is 19.3 Å². The number of hydrogen-bond acceptors (Lipinski definition) is 0. The molecule has 4 aliphatic rings. The Bertz CT molecular complexity index is 448. The van der Waals surface area contributed by atoms with Crippen LogP contribution in [0.3, 0.4) is 0 Å². The fourth-order valence-electron chi connectivity index (χ4n) is 5.15.